The molecule has 7 heteroatoms. The number of alkyl carbamates (subject to hydrolysis) is 1. The number of carbonyl (C=O) groups is 3. The third-order valence-corrected chi connectivity index (χ3v) is 7.58. The van der Waals surface area contributed by atoms with Crippen LogP contribution in [0.4, 0.5) is 4.79 Å². The fourth-order valence-corrected chi connectivity index (χ4v) is 5.55. The van der Waals surface area contributed by atoms with Crippen LogP contribution in [0.1, 0.15) is 68.9 Å². The molecule has 0 aliphatic heterocycles. The molecule has 35 heavy (non-hydrogen) atoms. The van der Waals surface area contributed by atoms with Crippen LogP contribution in [0, 0.1) is 0 Å². The van der Waals surface area contributed by atoms with Crippen LogP contribution < -0.4 is 5.32 Å². The maximum Gasteiger partial charge on any atom is 0.407 e. The van der Waals surface area contributed by atoms with Gasteiger partial charge in [-0.1, -0.05) is 81.1 Å². The summed E-state index contributed by atoms with van der Waals surface area (Å²) in [5.74, 6) is -1.44. The summed E-state index contributed by atoms with van der Waals surface area (Å²) in [6.07, 6.45) is 3.74. The van der Waals surface area contributed by atoms with Crippen molar-refractivity contribution in [1.29, 1.82) is 0 Å². The van der Waals surface area contributed by atoms with Crippen molar-refractivity contribution in [2.75, 3.05) is 13.7 Å². The first-order valence-electron chi connectivity index (χ1n) is 12.5. The lowest BCUT2D eigenvalue weighted by molar-refractivity contribution is -0.158. The molecule has 186 valence electrons. The first-order valence-corrected chi connectivity index (χ1v) is 12.5. The van der Waals surface area contributed by atoms with Crippen molar-refractivity contribution in [3.63, 3.8) is 0 Å². The molecule has 1 unspecified atom stereocenters. The summed E-state index contributed by atoms with van der Waals surface area (Å²) in [6, 6.07) is 15.4. The van der Waals surface area contributed by atoms with E-state index in [9.17, 15) is 19.5 Å². The molecular weight excluding hydrogens is 444 g/mol. The minimum absolute atomic E-state index is 0.0746. The second-order valence-electron chi connectivity index (χ2n) is 9.61. The first-order chi connectivity index (χ1) is 16.9. The maximum absolute atomic E-state index is 13.4. The van der Waals surface area contributed by atoms with Gasteiger partial charge in [0.05, 0.1) is 0 Å². The number of nitrogens with one attached hydrogen (secondary N) is 1. The van der Waals surface area contributed by atoms with Crippen molar-refractivity contribution < 1.29 is 24.2 Å². The summed E-state index contributed by atoms with van der Waals surface area (Å²) in [5.41, 5.74) is 3.31. The summed E-state index contributed by atoms with van der Waals surface area (Å²) in [6.45, 7) is 2.16. The molecule has 2 amide bonds. The molecule has 0 spiro atoms. The second kappa shape index (κ2) is 10.5. The number of likely N-dealkylation sites (N-methyl/N-ethyl adjacent to an activating group) is 1. The van der Waals surface area contributed by atoms with Crippen molar-refractivity contribution in [2.24, 2.45) is 0 Å². The summed E-state index contributed by atoms with van der Waals surface area (Å²) in [7, 11) is 1.54. The van der Waals surface area contributed by atoms with Crippen LogP contribution in [0.5, 0.6) is 0 Å². The van der Waals surface area contributed by atoms with E-state index >= 15 is 0 Å². The lowest BCUT2D eigenvalue weighted by Gasteiger charge is -2.37. The van der Waals surface area contributed by atoms with Crippen LogP contribution >= 0.6 is 0 Å². The van der Waals surface area contributed by atoms with Gasteiger partial charge >= 0.3 is 12.1 Å². The Hall–Kier alpha value is -3.35. The van der Waals surface area contributed by atoms with Crippen molar-refractivity contribution in [3.05, 3.63) is 59.7 Å². The van der Waals surface area contributed by atoms with Crippen LogP contribution in [-0.4, -0.2) is 53.2 Å². The lowest BCUT2D eigenvalue weighted by Crippen LogP contribution is -2.58. The number of aliphatic carboxylic acids is 1. The quantitative estimate of drug-likeness (QED) is 0.532. The molecule has 1 atom stereocenters. The van der Waals surface area contributed by atoms with Crippen LogP contribution in [0.15, 0.2) is 48.5 Å². The number of carbonyl (C=O) groups excluding carboxylic acids is 2. The number of amides is 2. The molecule has 2 aliphatic rings. The van der Waals surface area contributed by atoms with E-state index in [1.165, 1.54) is 4.90 Å². The minimum Gasteiger partial charge on any atom is -0.479 e. The summed E-state index contributed by atoms with van der Waals surface area (Å²) in [5, 5.41) is 12.6. The Kier molecular flexibility index (Phi) is 7.43. The number of fused-ring (bicyclic) bond motifs is 3. The van der Waals surface area contributed by atoms with E-state index in [-0.39, 0.29) is 18.4 Å². The molecule has 0 bridgehead atoms. The Bertz CT molecular complexity index is 1050. The van der Waals surface area contributed by atoms with Gasteiger partial charge in [0.2, 0.25) is 5.91 Å². The molecule has 0 aromatic heterocycles. The highest BCUT2D eigenvalue weighted by Crippen LogP contribution is 2.44. The Labute approximate surface area is 206 Å². The highest BCUT2D eigenvalue weighted by molar-refractivity contribution is 5.91. The van der Waals surface area contributed by atoms with E-state index in [0.29, 0.717) is 19.3 Å². The fourth-order valence-electron chi connectivity index (χ4n) is 5.55. The van der Waals surface area contributed by atoms with Gasteiger partial charge in [0.25, 0.3) is 0 Å². The smallest absolute Gasteiger partial charge is 0.407 e. The number of ether oxygens (including phenoxy) is 1. The van der Waals surface area contributed by atoms with Crippen molar-refractivity contribution in [1.82, 2.24) is 10.2 Å². The first kappa shape index (κ1) is 24.8. The molecular formula is C28H34N2O5. The van der Waals surface area contributed by atoms with Crippen LogP contribution in [0.25, 0.3) is 11.1 Å². The largest absolute Gasteiger partial charge is 0.479 e. The van der Waals surface area contributed by atoms with E-state index in [4.69, 9.17) is 4.74 Å². The normalized spacial score (nSPS) is 16.7. The number of rotatable bonds is 9. The average Bonchev–Trinajstić information content (AvgIpc) is 3.49. The van der Waals surface area contributed by atoms with E-state index in [2.05, 4.69) is 29.6 Å². The number of carboxylic acids is 1. The maximum atomic E-state index is 13.4. The highest BCUT2D eigenvalue weighted by Gasteiger charge is 2.48. The highest BCUT2D eigenvalue weighted by atomic mass is 16.5. The van der Waals surface area contributed by atoms with Gasteiger partial charge in [0, 0.05) is 13.0 Å². The monoisotopic (exact) mass is 478 g/mol. The molecule has 1 saturated carbocycles. The minimum atomic E-state index is -1.20. The Morgan fingerprint density at radius 3 is 2.17 bits per heavy atom. The topological polar surface area (TPSA) is 95.9 Å². The zero-order chi connectivity index (χ0) is 25.0. The lowest BCUT2D eigenvalue weighted by atomic mass is 9.94. The molecule has 2 aliphatic carbocycles. The number of hydrogen-bond acceptors (Lipinski definition) is 4. The van der Waals surface area contributed by atoms with Gasteiger partial charge in [-0.25, -0.2) is 9.59 Å². The Balaban J connectivity index is 1.45. The van der Waals surface area contributed by atoms with Crippen LogP contribution in [-0.2, 0) is 14.3 Å². The fraction of sp³-hybridized carbons (Fsp3) is 0.464. The number of unbranched alkanes of at least 4 members (excludes halogenated alkanes) is 1. The number of hydrogen-bond donors (Lipinski definition) is 2. The third kappa shape index (κ3) is 4.77. The summed E-state index contributed by atoms with van der Waals surface area (Å²) < 4.78 is 5.64. The predicted molar refractivity (Wildman–Crippen MR) is 133 cm³/mol. The Morgan fingerprint density at radius 1 is 1.06 bits per heavy atom. The van der Waals surface area contributed by atoms with Gasteiger partial charge in [0.1, 0.15) is 18.2 Å². The van der Waals surface area contributed by atoms with Gasteiger partial charge in [-0.15, -0.1) is 0 Å². The average molecular weight is 479 g/mol. The molecule has 4 rings (SSSR count). The van der Waals surface area contributed by atoms with Gasteiger partial charge in [-0.2, -0.15) is 0 Å². The predicted octanol–water partition coefficient (Wildman–Crippen LogP) is 4.94. The molecule has 1 fully saturated rings. The molecule has 0 heterocycles. The summed E-state index contributed by atoms with van der Waals surface area (Å²) >= 11 is 0. The number of carboxylic acid groups (broad SMARTS) is 1. The van der Waals surface area contributed by atoms with Gasteiger partial charge in [0.15, 0.2) is 0 Å². The van der Waals surface area contributed by atoms with E-state index in [1.54, 1.807) is 7.05 Å². The van der Waals surface area contributed by atoms with Crippen LogP contribution in [0.3, 0.4) is 0 Å². The van der Waals surface area contributed by atoms with Gasteiger partial charge < -0.3 is 20.1 Å². The zero-order valence-corrected chi connectivity index (χ0v) is 20.5. The molecule has 7 nitrogen and oxygen atoms in total. The summed E-state index contributed by atoms with van der Waals surface area (Å²) in [4.78, 5) is 39.6. The van der Waals surface area contributed by atoms with E-state index in [1.807, 2.05) is 31.2 Å². The third-order valence-electron chi connectivity index (χ3n) is 7.58. The zero-order valence-electron chi connectivity index (χ0n) is 20.5. The standard InChI is InChI=1S/C28H34N2O5/c1-3-4-15-24(25(31)30(2)28(26(32)33)16-9-10-17-28)29-27(34)35-18-23-21-13-7-5-11-19(21)20-12-6-8-14-22(20)23/h5-8,11-14,23-24H,3-4,9-10,15-18H2,1-2H3,(H,29,34)(H,32,33). The van der Waals surface area contributed by atoms with Gasteiger partial charge in [-0.3, -0.25) is 4.79 Å². The van der Waals surface area contributed by atoms with E-state index < -0.39 is 23.6 Å². The number of benzene rings is 2. The van der Waals surface area contributed by atoms with Crippen molar-refractivity contribution in [3.8, 4) is 11.1 Å². The van der Waals surface area contributed by atoms with Crippen molar-refractivity contribution in [2.45, 2.75) is 69.4 Å². The van der Waals surface area contributed by atoms with E-state index in [0.717, 1.165) is 47.9 Å². The van der Waals surface area contributed by atoms with Gasteiger partial charge in [-0.05, 0) is 41.5 Å². The van der Waals surface area contributed by atoms with Crippen molar-refractivity contribution >= 4 is 18.0 Å². The second-order valence-corrected chi connectivity index (χ2v) is 9.61. The SMILES string of the molecule is CCCCC(NC(=O)OCC1c2ccccc2-c2ccccc21)C(=O)N(C)C1(C(=O)O)CCCC1. The molecule has 2 N–H and O–H groups in total. The molecule has 2 aromatic rings. The molecule has 0 saturated heterocycles. The Morgan fingerprint density at radius 2 is 1.63 bits per heavy atom. The van der Waals surface area contributed by atoms with Crippen LogP contribution in [0.2, 0.25) is 0 Å². The molecule has 0 radical (unpaired) electrons. The number of nitrogens with zero attached hydrogens (tertiary/aromatic N) is 1. The molecule has 2 aromatic carbocycles.